The van der Waals surface area contributed by atoms with E-state index in [-0.39, 0.29) is 16.9 Å². The molecule has 1 aliphatic heterocycles. The second-order valence-electron chi connectivity index (χ2n) is 3.91. The number of nitrogens with one attached hydrogen (secondary N) is 1. The standard InChI is InChI=1S/C9H15BrN2O2/c1-4-5-6(10)12-8(14)11-7(13)9(12,2)3/h6H,4-5H2,1-3H3,(H,11,13,14). The molecule has 1 rings (SSSR count). The Balaban J connectivity index is 2.86. The van der Waals surface area contributed by atoms with Crippen LogP contribution in [0.25, 0.3) is 0 Å². The highest BCUT2D eigenvalue weighted by molar-refractivity contribution is 9.09. The summed E-state index contributed by atoms with van der Waals surface area (Å²) < 4.78 is 0. The Bertz CT molecular complexity index is 266. The van der Waals surface area contributed by atoms with Crippen molar-refractivity contribution in [1.29, 1.82) is 0 Å². The van der Waals surface area contributed by atoms with Crippen LogP contribution in [0.4, 0.5) is 4.79 Å². The van der Waals surface area contributed by atoms with Crippen molar-refractivity contribution < 1.29 is 9.59 Å². The number of alkyl halides is 1. The van der Waals surface area contributed by atoms with Gasteiger partial charge in [-0.3, -0.25) is 15.0 Å². The number of rotatable bonds is 3. The van der Waals surface area contributed by atoms with Crippen molar-refractivity contribution in [2.24, 2.45) is 0 Å². The van der Waals surface area contributed by atoms with Crippen molar-refractivity contribution in [1.82, 2.24) is 10.2 Å². The molecule has 0 aromatic rings. The zero-order chi connectivity index (χ0) is 10.9. The second kappa shape index (κ2) is 3.88. The molecular formula is C9H15BrN2O2. The fraction of sp³-hybridized carbons (Fsp3) is 0.778. The van der Waals surface area contributed by atoms with Gasteiger partial charge in [-0.05, 0) is 20.3 Å². The minimum atomic E-state index is -0.750. The lowest BCUT2D eigenvalue weighted by molar-refractivity contribution is -0.125. The van der Waals surface area contributed by atoms with E-state index in [4.69, 9.17) is 0 Å². The van der Waals surface area contributed by atoms with E-state index in [1.54, 1.807) is 18.7 Å². The van der Waals surface area contributed by atoms with Crippen molar-refractivity contribution in [2.75, 3.05) is 0 Å². The summed E-state index contributed by atoms with van der Waals surface area (Å²) in [5, 5.41) is 2.31. The molecule has 1 heterocycles. The summed E-state index contributed by atoms with van der Waals surface area (Å²) in [6.07, 6.45) is 1.80. The predicted octanol–water partition coefficient (Wildman–Crippen LogP) is 1.84. The Morgan fingerprint density at radius 3 is 2.43 bits per heavy atom. The van der Waals surface area contributed by atoms with Crippen LogP contribution in [0.2, 0.25) is 0 Å². The quantitative estimate of drug-likeness (QED) is 0.480. The van der Waals surface area contributed by atoms with Crippen LogP contribution in [-0.4, -0.2) is 27.3 Å². The van der Waals surface area contributed by atoms with Gasteiger partial charge in [0.25, 0.3) is 5.91 Å². The molecule has 1 unspecified atom stereocenters. The lowest BCUT2D eigenvalue weighted by Gasteiger charge is -2.32. The minimum absolute atomic E-state index is 0.0750. The molecule has 14 heavy (non-hydrogen) atoms. The van der Waals surface area contributed by atoms with Gasteiger partial charge in [0.1, 0.15) is 5.54 Å². The van der Waals surface area contributed by atoms with Crippen LogP contribution in [0.1, 0.15) is 33.6 Å². The summed E-state index contributed by atoms with van der Waals surface area (Å²) in [7, 11) is 0. The molecule has 0 aromatic heterocycles. The number of hydrogen-bond donors (Lipinski definition) is 1. The van der Waals surface area contributed by atoms with Gasteiger partial charge in [-0.15, -0.1) is 0 Å². The van der Waals surface area contributed by atoms with Crippen molar-refractivity contribution in [3.63, 3.8) is 0 Å². The molecule has 1 fully saturated rings. The predicted molar refractivity (Wildman–Crippen MR) is 57.1 cm³/mol. The maximum Gasteiger partial charge on any atom is 0.325 e. The van der Waals surface area contributed by atoms with Crippen LogP contribution in [0.3, 0.4) is 0 Å². The third-order valence-corrected chi connectivity index (χ3v) is 3.27. The van der Waals surface area contributed by atoms with Gasteiger partial charge in [-0.1, -0.05) is 29.3 Å². The van der Waals surface area contributed by atoms with Gasteiger partial charge in [0.2, 0.25) is 0 Å². The van der Waals surface area contributed by atoms with Gasteiger partial charge in [-0.25, -0.2) is 4.79 Å². The van der Waals surface area contributed by atoms with E-state index in [0.29, 0.717) is 0 Å². The zero-order valence-corrected chi connectivity index (χ0v) is 10.2. The van der Waals surface area contributed by atoms with Crippen molar-refractivity contribution in [2.45, 2.75) is 44.1 Å². The molecule has 0 radical (unpaired) electrons. The zero-order valence-electron chi connectivity index (χ0n) is 8.63. The molecule has 4 nitrogen and oxygen atoms in total. The molecule has 0 saturated carbocycles. The van der Waals surface area contributed by atoms with Gasteiger partial charge in [0, 0.05) is 0 Å². The molecule has 1 N–H and O–H groups in total. The first kappa shape index (κ1) is 11.5. The lowest BCUT2D eigenvalue weighted by Crippen LogP contribution is -2.47. The highest BCUT2D eigenvalue weighted by atomic mass is 79.9. The maximum absolute atomic E-state index is 11.5. The fourth-order valence-corrected chi connectivity index (χ4v) is 2.67. The highest BCUT2D eigenvalue weighted by Crippen LogP contribution is 2.28. The van der Waals surface area contributed by atoms with Crippen LogP contribution in [-0.2, 0) is 4.79 Å². The molecule has 1 saturated heterocycles. The second-order valence-corrected chi connectivity index (χ2v) is 4.97. The molecule has 80 valence electrons. The third kappa shape index (κ3) is 1.78. The summed E-state index contributed by atoms with van der Waals surface area (Å²) in [6, 6.07) is -0.310. The van der Waals surface area contributed by atoms with Crippen LogP contribution in [0, 0.1) is 0 Å². The molecule has 1 atom stereocenters. The van der Waals surface area contributed by atoms with Crippen molar-refractivity contribution >= 4 is 27.9 Å². The lowest BCUT2D eigenvalue weighted by atomic mass is 10.0. The van der Waals surface area contributed by atoms with Gasteiger partial charge < -0.3 is 0 Å². The number of imide groups is 1. The summed E-state index contributed by atoms with van der Waals surface area (Å²) in [5.41, 5.74) is -0.750. The molecular weight excluding hydrogens is 248 g/mol. The molecule has 0 aromatic carbocycles. The average molecular weight is 263 g/mol. The Morgan fingerprint density at radius 1 is 1.50 bits per heavy atom. The number of carbonyl (C=O) groups excluding carboxylic acids is 2. The van der Waals surface area contributed by atoms with Gasteiger partial charge >= 0.3 is 6.03 Å². The topological polar surface area (TPSA) is 49.4 Å². The van der Waals surface area contributed by atoms with Gasteiger partial charge in [0.15, 0.2) is 0 Å². The summed E-state index contributed by atoms with van der Waals surface area (Å²) >= 11 is 3.42. The third-order valence-electron chi connectivity index (χ3n) is 2.40. The van der Waals surface area contributed by atoms with Crippen LogP contribution in [0.5, 0.6) is 0 Å². The first-order chi connectivity index (χ1) is 6.41. The first-order valence-electron chi connectivity index (χ1n) is 4.70. The molecule has 0 spiro atoms. The Hall–Kier alpha value is -0.580. The molecule has 3 amide bonds. The molecule has 5 heteroatoms. The average Bonchev–Trinajstić information content (AvgIpc) is 2.22. The van der Waals surface area contributed by atoms with Crippen molar-refractivity contribution in [3.05, 3.63) is 0 Å². The van der Waals surface area contributed by atoms with E-state index >= 15 is 0 Å². The summed E-state index contributed by atoms with van der Waals surface area (Å²) in [5.74, 6) is -0.233. The van der Waals surface area contributed by atoms with E-state index in [2.05, 4.69) is 21.2 Å². The van der Waals surface area contributed by atoms with Crippen LogP contribution >= 0.6 is 15.9 Å². The number of hydrogen-bond acceptors (Lipinski definition) is 2. The van der Waals surface area contributed by atoms with Crippen LogP contribution in [0.15, 0.2) is 0 Å². The summed E-state index contributed by atoms with van der Waals surface area (Å²) in [6.45, 7) is 5.53. The Morgan fingerprint density at radius 2 is 2.07 bits per heavy atom. The van der Waals surface area contributed by atoms with Crippen LogP contribution < -0.4 is 5.32 Å². The molecule has 0 bridgehead atoms. The molecule has 0 aliphatic carbocycles. The molecule has 1 aliphatic rings. The van der Waals surface area contributed by atoms with Gasteiger partial charge in [0.05, 0.1) is 4.95 Å². The SMILES string of the molecule is CCCC(Br)N1C(=O)NC(=O)C1(C)C. The van der Waals surface area contributed by atoms with E-state index in [1.807, 2.05) is 6.92 Å². The highest BCUT2D eigenvalue weighted by Gasteiger charge is 2.47. The summed E-state index contributed by atoms with van der Waals surface area (Å²) in [4.78, 5) is 24.4. The smallest absolute Gasteiger partial charge is 0.298 e. The Kier molecular flexibility index (Phi) is 3.19. The normalized spacial score (nSPS) is 22.4. The number of amides is 3. The minimum Gasteiger partial charge on any atom is -0.298 e. The first-order valence-corrected chi connectivity index (χ1v) is 5.61. The van der Waals surface area contributed by atoms with E-state index < -0.39 is 5.54 Å². The maximum atomic E-state index is 11.5. The monoisotopic (exact) mass is 262 g/mol. The number of carbonyl (C=O) groups is 2. The van der Waals surface area contributed by atoms with Crippen molar-refractivity contribution in [3.8, 4) is 0 Å². The Labute approximate surface area is 92.2 Å². The fourth-order valence-electron chi connectivity index (χ4n) is 1.52. The number of nitrogens with zero attached hydrogens (tertiary/aromatic N) is 1. The largest absolute Gasteiger partial charge is 0.325 e. The van der Waals surface area contributed by atoms with E-state index in [9.17, 15) is 9.59 Å². The van der Waals surface area contributed by atoms with E-state index in [0.717, 1.165) is 12.8 Å². The van der Waals surface area contributed by atoms with Gasteiger partial charge in [-0.2, -0.15) is 0 Å². The number of urea groups is 1. The van der Waals surface area contributed by atoms with E-state index in [1.165, 1.54) is 0 Å². The number of halogens is 1.